The number of benzene rings is 1. The van der Waals surface area contributed by atoms with E-state index in [1.165, 1.54) is 6.20 Å². The number of Topliss-reactive ketones (excluding diaryl/α,β-unsaturated/α-hetero) is 1. The molecule has 1 atom stereocenters. The van der Waals surface area contributed by atoms with E-state index in [2.05, 4.69) is 27.0 Å². The molecular weight excluding hydrogens is 292 g/mol. The smallest absolute Gasteiger partial charge is 0.186 e. The Morgan fingerprint density at radius 3 is 2.67 bits per heavy atom. The molecule has 0 aliphatic rings. The molecule has 1 aromatic heterocycles. The number of pyridine rings is 1. The predicted molar refractivity (Wildman–Crippen MR) is 71.1 cm³/mol. The Morgan fingerprint density at radius 2 is 2.06 bits per heavy atom. The SMILES string of the molecule is N#CC(C(=O)c1cccnc1)c1ccccc1Br. The van der Waals surface area contributed by atoms with Gasteiger partial charge in [-0.25, -0.2) is 0 Å². The van der Waals surface area contributed by atoms with Crippen molar-refractivity contribution in [1.82, 2.24) is 4.98 Å². The molecule has 1 aromatic carbocycles. The third-order valence-electron chi connectivity index (χ3n) is 2.55. The van der Waals surface area contributed by atoms with Crippen molar-refractivity contribution in [2.24, 2.45) is 0 Å². The molecule has 0 spiro atoms. The third-order valence-corrected chi connectivity index (χ3v) is 3.28. The number of carbonyl (C=O) groups excluding carboxylic acids is 1. The number of halogens is 1. The van der Waals surface area contributed by atoms with Crippen molar-refractivity contribution >= 4 is 21.7 Å². The molecule has 0 aliphatic heterocycles. The summed E-state index contributed by atoms with van der Waals surface area (Å²) in [5, 5.41) is 9.22. The molecule has 0 saturated carbocycles. The van der Waals surface area contributed by atoms with Crippen molar-refractivity contribution in [2.45, 2.75) is 5.92 Å². The number of hydrogen-bond donors (Lipinski definition) is 0. The van der Waals surface area contributed by atoms with Gasteiger partial charge < -0.3 is 0 Å². The van der Waals surface area contributed by atoms with E-state index in [9.17, 15) is 10.1 Å². The second-order valence-corrected chi connectivity index (χ2v) is 4.54. The Balaban J connectivity index is 2.40. The molecule has 4 heteroatoms. The van der Waals surface area contributed by atoms with Crippen LogP contribution in [0.2, 0.25) is 0 Å². The Bertz CT molecular complexity index is 605. The fraction of sp³-hybridized carbons (Fsp3) is 0.0714. The maximum Gasteiger partial charge on any atom is 0.186 e. The molecule has 0 saturated heterocycles. The Kier molecular flexibility index (Phi) is 3.85. The first-order chi connectivity index (χ1) is 8.74. The van der Waals surface area contributed by atoms with Crippen LogP contribution >= 0.6 is 15.9 Å². The van der Waals surface area contributed by atoms with E-state index < -0.39 is 5.92 Å². The quantitative estimate of drug-likeness (QED) is 0.817. The number of ketones is 1. The molecule has 2 aromatic rings. The van der Waals surface area contributed by atoms with Gasteiger partial charge in [-0.2, -0.15) is 5.26 Å². The molecule has 0 N–H and O–H groups in total. The van der Waals surface area contributed by atoms with Crippen LogP contribution < -0.4 is 0 Å². The monoisotopic (exact) mass is 300 g/mol. The summed E-state index contributed by atoms with van der Waals surface area (Å²) in [4.78, 5) is 16.1. The van der Waals surface area contributed by atoms with E-state index in [1.807, 2.05) is 12.1 Å². The molecule has 0 aliphatic carbocycles. The molecule has 3 nitrogen and oxygen atoms in total. The topological polar surface area (TPSA) is 53.8 Å². The van der Waals surface area contributed by atoms with E-state index in [0.29, 0.717) is 11.1 Å². The van der Waals surface area contributed by atoms with Crippen LogP contribution in [0.25, 0.3) is 0 Å². The van der Waals surface area contributed by atoms with Gasteiger partial charge >= 0.3 is 0 Å². The Labute approximate surface area is 113 Å². The molecule has 2 rings (SSSR count). The summed E-state index contributed by atoms with van der Waals surface area (Å²) in [7, 11) is 0. The highest BCUT2D eigenvalue weighted by Crippen LogP contribution is 2.27. The van der Waals surface area contributed by atoms with E-state index in [1.54, 1.807) is 30.5 Å². The number of nitriles is 1. The fourth-order valence-corrected chi connectivity index (χ4v) is 2.17. The molecule has 0 amide bonds. The Morgan fingerprint density at radius 1 is 1.28 bits per heavy atom. The number of hydrogen-bond acceptors (Lipinski definition) is 3. The van der Waals surface area contributed by atoms with Gasteiger partial charge in [-0.1, -0.05) is 34.1 Å². The first-order valence-electron chi connectivity index (χ1n) is 5.32. The van der Waals surface area contributed by atoms with Crippen molar-refractivity contribution in [3.8, 4) is 6.07 Å². The lowest BCUT2D eigenvalue weighted by atomic mass is 9.93. The molecule has 18 heavy (non-hydrogen) atoms. The standard InChI is InChI=1S/C14H9BrN2O/c15-13-6-2-1-5-11(13)12(8-16)14(18)10-4-3-7-17-9-10/h1-7,9,12H. The van der Waals surface area contributed by atoms with Gasteiger partial charge in [0, 0.05) is 22.4 Å². The van der Waals surface area contributed by atoms with E-state index >= 15 is 0 Å². The van der Waals surface area contributed by atoms with Gasteiger partial charge in [0.25, 0.3) is 0 Å². The minimum Gasteiger partial charge on any atom is -0.292 e. The van der Waals surface area contributed by atoms with Crippen molar-refractivity contribution in [1.29, 1.82) is 5.26 Å². The average molecular weight is 301 g/mol. The normalized spacial score (nSPS) is 11.6. The van der Waals surface area contributed by atoms with Crippen LogP contribution in [0.4, 0.5) is 0 Å². The van der Waals surface area contributed by atoms with Gasteiger partial charge in [-0.05, 0) is 23.8 Å². The number of nitrogens with zero attached hydrogens (tertiary/aromatic N) is 2. The summed E-state index contributed by atoms with van der Waals surface area (Å²) in [6, 6.07) is 12.6. The molecule has 0 radical (unpaired) electrons. The lowest BCUT2D eigenvalue weighted by molar-refractivity contribution is 0.0978. The fourth-order valence-electron chi connectivity index (χ4n) is 1.65. The minimum absolute atomic E-state index is 0.238. The van der Waals surface area contributed by atoms with Crippen LogP contribution in [0.5, 0.6) is 0 Å². The van der Waals surface area contributed by atoms with Crippen LogP contribution in [0.3, 0.4) is 0 Å². The van der Waals surface area contributed by atoms with Crippen LogP contribution in [0.1, 0.15) is 21.8 Å². The van der Waals surface area contributed by atoms with Crippen LogP contribution in [0.15, 0.2) is 53.3 Å². The number of rotatable bonds is 3. The molecular formula is C14H9BrN2O. The summed E-state index contributed by atoms with van der Waals surface area (Å²) in [6.45, 7) is 0. The summed E-state index contributed by atoms with van der Waals surface area (Å²) in [5.41, 5.74) is 1.12. The summed E-state index contributed by atoms with van der Waals surface area (Å²) >= 11 is 3.36. The zero-order valence-electron chi connectivity index (χ0n) is 9.38. The van der Waals surface area contributed by atoms with Crippen molar-refractivity contribution in [3.05, 3.63) is 64.4 Å². The van der Waals surface area contributed by atoms with Crippen molar-refractivity contribution < 1.29 is 4.79 Å². The second-order valence-electron chi connectivity index (χ2n) is 3.69. The summed E-state index contributed by atoms with van der Waals surface area (Å²) in [5.74, 6) is -1.05. The van der Waals surface area contributed by atoms with E-state index in [-0.39, 0.29) is 5.78 Å². The average Bonchev–Trinajstić information content (AvgIpc) is 2.42. The molecule has 0 fully saturated rings. The van der Waals surface area contributed by atoms with Crippen molar-refractivity contribution in [2.75, 3.05) is 0 Å². The Hall–Kier alpha value is -1.99. The minimum atomic E-state index is -0.815. The lowest BCUT2D eigenvalue weighted by Gasteiger charge is -2.10. The van der Waals surface area contributed by atoms with Crippen molar-refractivity contribution in [3.63, 3.8) is 0 Å². The molecule has 1 heterocycles. The largest absolute Gasteiger partial charge is 0.292 e. The first-order valence-corrected chi connectivity index (χ1v) is 6.11. The zero-order valence-corrected chi connectivity index (χ0v) is 11.0. The van der Waals surface area contributed by atoms with Crippen LogP contribution in [0, 0.1) is 11.3 Å². The third kappa shape index (κ3) is 2.47. The van der Waals surface area contributed by atoms with E-state index in [4.69, 9.17) is 0 Å². The highest BCUT2D eigenvalue weighted by atomic mass is 79.9. The number of aromatic nitrogens is 1. The lowest BCUT2D eigenvalue weighted by Crippen LogP contribution is -2.12. The van der Waals surface area contributed by atoms with E-state index in [0.717, 1.165) is 4.47 Å². The molecule has 0 bridgehead atoms. The van der Waals surface area contributed by atoms with Gasteiger partial charge in [0.15, 0.2) is 5.78 Å². The summed E-state index contributed by atoms with van der Waals surface area (Å²) in [6.07, 6.45) is 3.07. The second kappa shape index (κ2) is 5.56. The van der Waals surface area contributed by atoms with Gasteiger partial charge in [0.05, 0.1) is 6.07 Å². The highest BCUT2D eigenvalue weighted by Gasteiger charge is 2.23. The van der Waals surface area contributed by atoms with Gasteiger partial charge in [-0.3, -0.25) is 9.78 Å². The molecule has 88 valence electrons. The predicted octanol–water partition coefficient (Wildman–Crippen LogP) is 3.33. The highest BCUT2D eigenvalue weighted by molar-refractivity contribution is 9.10. The van der Waals surface area contributed by atoms with Gasteiger partial charge in [0.1, 0.15) is 5.92 Å². The maximum atomic E-state index is 12.2. The van der Waals surface area contributed by atoms with Crippen LogP contribution in [-0.4, -0.2) is 10.8 Å². The summed E-state index contributed by atoms with van der Waals surface area (Å²) < 4.78 is 0.758. The van der Waals surface area contributed by atoms with Gasteiger partial charge in [0.2, 0.25) is 0 Å². The van der Waals surface area contributed by atoms with Gasteiger partial charge in [-0.15, -0.1) is 0 Å². The maximum absolute atomic E-state index is 12.2. The zero-order chi connectivity index (χ0) is 13.0. The number of carbonyl (C=O) groups is 1. The first kappa shape index (κ1) is 12.5. The molecule has 1 unspecified atom stereocenters. The van der Waals surface area contributed by atoms with Crippen LogP contribution in [-0.2, 0) is 0 Å².